The number of nitrogens with zero attached hydrogens (tertiary/aromatic N) is 1. The van der Waals surface area contributed by atoms with Gasteiger partial charge in [0.2, 0.25) is 0 Å². The van der Waals surface area contributed by atoms with E-state index >= 15 is 0 Å². The summed E-state index contributed by atoms with van der Waals surface area (Å²) in [5.41, 5.74) is 7.56. The smallest absolute Gasteiger partial charge is 0.258 e. The van der Waals surface area contributed by atoms with Crippen molar-refractivity contribution in [2.45, 2.75) is 0 Å². The van der Waals surface area contributed by atoms with Gasteiger partial charge in [0.05, 0.1) is 11.4 Å². The molecule has 2 rings (SSSR count). The van der Waals surface area contributed by atoms with E-state index in [4.69, 9.17) is 17.3 Å². The maximum Gasteiger partial charge on any atom is 0.258 e. The van der Waals surface area contributed by atoms with E-state index < -0.39 is 0 Å². The number of hydrogen-bond donors (Lipinski definition) is 1. The lowest BCUT2D eigenvalue weighted by Gasteiger charge is -2.19. The third kappa shape index (κ3) is 3.08. The van der Waals surface area contributed by atoms with Crippen LogP contribution in [0.1, 0.15) is 10.4 Å². The number of carbonyl (C=O) groups excluding carboxylic acids is 1. The summed E-state index contributed by atoms with van der Waals surface area (Å²) in [4.78, 5) is 13.9. The number of rotatable bonds is 2. The maximum atomic E-state index is 12.4. The number of amides is 1. The van der Waals surface area contributed by atoms with Gasteiger partial charge in [-0.1, -0.05) is 33.6 Å². The Kier molecular flexibility index (Phi) is 4.12. The first-order valence-electron chi connectivity index (χ1n) is 5.57. The Morgan fingerprint density at radius 2 is 2.00 bits per heavy atom. The first-order chi connectivity index (χ1) is 8.99. The molecular formula is C14H12BrClN2O. The lowest BCUT2D eigenvalue weighted by atomic mass is 10.2. The molecule has 0 aliphatic rings. The Hall–Kier alpha value is -1.52. The van der Waals surface area contributed by atoms with Crippen LogP contribution in [0.25, 0.3) is 0 Å². The second-order valence-corrected chi connectivity index (χ2v) is 5.43. The van der Waals surface area contributed by atoms with Crippen molar-refractivity contribution in [1.82, 2.24) is 0 Å². The van der Waals surface area contributed by atoms with Crippen LogP contribution >= 0.6 is 27.5 Å². The van der Waals surface area contributed by atoms with Crippen LogP contribution in [0.2, 0.25) is 5.02 Å². The van der Waals surface area contributed by atoms with E-state index in [1.54, 1.807) is 37.4 Å². The van der Waals surface area contributed by atoms with Crippen LogP contribution in [-0.4, -0.2) is 13.0 Å². The van der Waals surface area contributed by atoms with Gasteiger partial charge in [-0.2, -0.15) is 0 Å². The summed E-state index contributed by atoms with van der Waals surface area (Å²) < 4.78 is 0.853. The molecule has 0 radical (unpaired) electrons. The Morgan fingerprint density at radius 1 is 1.26 bits per heavy atom. The summed E-state index contributed by atoms with van der Waals surface area (Å²) in [6.07, 6.45) is 0. The standard InChI is InChI=1S/C14H12BrClN2O/c1-18(13-8-11(16)5-6-12(13)17)14(19)9-3-2-4-10(15)7-9/h2-8H,17H2,1H3. The molecule has 0 saturated carbocycles. The molecule has 2 aromatic rings. The molecule has 3 nitrogen and oxygen atoms in total. The molecule has 0 atom stereocenters. The quantitative estimate of drug-likeness (QED) is 0.842. The predicted octanol–water partition coefficient (Wildman–Crippen LogP) is 3.96. The fourth-order valence-electron chi connectivity index (χ4n) is 1.73. The molecule has 0 unspecified atom stereocenters. The van der Waals surface area contributed by atoms with E-state index in [2.05, 4.69) is 15.9 Å². The number of nitrogens with two attached hydrogens (primary N) is 1. The van der Waals surface area contributed by atoms with E-state index in [1.165, 1.54) is 4.90 Å². The molecule has 0 aliphatic heterocycles. The second kappa shape index (κ2) is 5.63. The SMILES string of the molecule is CN(C(=O)c1cccc(Br)c1)c1cc(Cl)ccc1N. The predicted molar refractivity (Wildman–Crippen MR) is 82.7 cm³/mol. The van der Waals surface area contributed by atoms with Gasteiger partial charge in [-0.15, -0.1) is 0 Å². The van der Waals surface area contributed by atoms with Crippen molar-refractivity contribution < 1.29 is 4.79 Å². The third-order valence-electron chi connectivity index (χ3n) is 2.73. The highest BCUT2D eigenvalue weighted by atomic mass is 79.9. The molecule has 2 aromatic carbocycles. The molecule has 0 heterocycles. The molecule has 0 spiro atoms. The van der Waals surface area contributed by atoms with E-state index in [9.17, 15) is 4.79 Å². The Labute approximate surface area is 125 Å². The highest BCUT2D eigenvalue weighted by molar-refractivity contribution is 9.10. The van der Waals surface area contributed by atoms with Crippen LogP contribution in [0.4, 0.5) is 11.4 Å². The van der Waals surface area contributed by atoms with E-state index in [-0.39, 0.29) is 5.91 Å². The Bertz CT molecular complexity index is 631. The normalized spacial score (nSPS) is 10.3. The fourth-order valence-corrected chi connectivity index (χ4v) is 2.30. The number of nitrogen functional groups attached to an aromatic ring is 1. The lowest BCUT2D eigenvalue weighted by molar-refractivity contribution is 0.0993. The third-order valence-corrected chi connectivity index (χ3v) is 3.46. The summed E-state index contributed by atoms with van der Waals surface area (Å²) in [5, 5.41) is 0.540. The Morgan fingerprint density at radius 3 is 2.68 bits per heavy atom. The van der Waals surface area contributed by atoms with E-state index in [0.717, 1.165) is 4.47 Å². The minimum absolute atomic E-state index is 0.143. The zero-order valence-electron chi connectivity index (χ0n) is 10.2. The van der Waals surface area contributed by atoms with Crippen molar-refractivity contribution in [3.63, 3.8) is 0 Å². The van der Waals surface area contributed by atoms with Gasteiger partial charge in [0.25, 0.3) is 5.91 Å². The van der Waals surface area contributed by atoms with Crippen LogP contribution < -0.4 is 10.6 Å². The van der Waals surface area contributed by atoms with Crippen molar-refractivity contribution >= 4 is 44.8 Å². The number of halogens is 2. The molecule has 0 bridgehead atoms. The van der Waals surface area contributed by atoms with Crippen molar-refractivity contribution in [2.24, 2.45) is 0 Å². The van der Waals surface area contributed by atoms with Crippen LogP contribution in [0.5, 0.6) is 0 Å². The average Bonchev–Trinajstić information content (AvgIpc) is 2.40. The Balaban J connectivity index is 2.36. The van der Waals surface area contributed by atoms with Crippen molar-refractivity contribution in [3.05, 3.63) is 57.5 Å². The van der Waals surface area contributed by atoms with Crippen LogP contribution in [-0.2, 0) is 0 Å². The number of hydrogen-bond acceptors (Lipinski definition) is 2. The van der Waals surface area contributed by atoms with Crippen LogP contribution in [0.3, 0.4) is 0 Å². The molecule has 19 heavy (non-hydrogen) atoms. The number of benzene rings is 2. The van der Waals surface area contributed by atoms with Gasteiger partial charge in [-0.05, 0) is 36.4 Å². The fraction of sp³-hybridized carbons (Fsp3) is 0.0714. The van der Waals surface area contributed by atoms with Crippen molar-refractivity contribution in [3.8, 4) is 0 Å². The molecule has 0 saturated heterocycles. The summed E-state index contributed by atoms with van der Waals surface area (Å²) in [6.45, 7) is 0. The van der Waals surface area contributed by atoms with Gasteiger partial charge in [0.1, 0.15) is 0 Å². The minimum Gasteiger partial charge on any atom is -0.397 e. The molecule has 0 fully saturated rings. The zero-order valence-corrected chi connectivity index (χ0v) is 12.6. The maximum absolute atomic E-state index is 12.4. The molecule has 1 amide bonds. The summed E-state index contributed by atoms with van der Waals surface area (Å²) in [5.74, 6) is -0.143. The first kappa shape index (κ1) is 13.9. The monoisotopic (exact) mass is 338 g/mol. The van der Waals surface area contributed by atoms with Crippen molar-refractivity contribution in [2.75, 3.05) is 17.7 Å². The van der Waals surface area contributed by atoms with E-state index in [1.807, 2.05) is 12.1 Å². The molecule has 0 aromatic heterocycles. The first-order valence-corrected chi connectivity index (χ1v) is 6.75. The summed E-state index contributed by atoms with van der Waals surface area (Å²) >= 11 is 9.28. The largest absolute Gasteiger partial charge is 0.397 e. The second-order valence-electron chi connectivity index (χ2n) is 4.08. The lowest BCUT2D eigenvalue weighted by Crippen LogP contribution is -2.27. The van der Waals surface area contributed by atoms with E-state index in [0.29, 0.717) is 22.0 Å². The zero-order chi connectivity index (χ0) is 14.0. The van der Waals surface area contributed by atoms with Crippen LogP contribution in [0, 0.1) is 0 Å². The molecule has 2 N–H and O–H groups in total. The summed E-state index contributed by atoms with van der Waals surface area (Å²) in [6, 6.07) is 12.2. The van der Waals surface area contributed by atoms with Gasteiger partial charge in [0.15, 0.2) is 0 Å². The molecule has 0 aliphatic carbocycles. The van der Waals surface area contributed by atoms with Gasteiger partial charge >= 0.3 is 0 Å². The van der Waals surface area contributed by atoms with Gasteiger partial charge in [-0.3, -0.25) is 4.79 Å². The number of carbonyl (C=O) groups is 1. The van der Waals surface area contributed by atoms with Gasteiger partial charge in [0, 0.05) is 22.1 Å². The minimum atomic E-state index is -0.143. The summed E-state index contributed by atoms with van der Waals surface area (Å²) in [7, 11) is 1.67. The highest BCUT2D eigenvalue weighted by Crippen LogP contribution is 2.27. The average molecular weight is 340 g/mol. The molecular weight excluding hydrogens is 328 g/mol. The molecule has 98 valence electrons. The van der Waals surface area contributed by atoms with Crippen LogP contribution in [0.15, 0.2) is 46.9 Å². The van der Waals surface area contributed by atoms with Crippen molar-refractivity contribution in [1.29, 1.82) is 0 Å². The topological polar surface area (TPSA) is 46.3 Å². The number of anilines is 2. The van der Waals surface area contributed by atoms with Gasteiger partial charge in [-0.25, -0.2) is 0 Å². The highest BCUT2D eigenvalue weighted by Gasteiger charge is 2.16. The molecule has 5 heteroatoms. The van der Waals surface area contributed by atoms with Gasteiger partial charge < -0.3 is 10.6 Å².